The predicted octanol–water partition coefficient (Wildman–Crippen LogP) is 0.475. The van der Waals surface area contributed by atoms with Crippen LogP contribution in [0.25, 0.3) is 0 Å². The maximum atomic E-state index is 11.0. The van der Waals surface area contributed by atoms with E-state index in [1.807, 2.05) is 6.20 Å². The summed E-state index contributed by atoms with van der Waals surface area (Å²) in [5.74, 6) is 1.04. The monoisotopic (exact) mass is 251 g/mol. The standard InChI is InChI=1S/C12H21N5O/c13-12(18)17-8-3-10(4-9-17)14-5-1-2-11-15-6-7-16-11/h6-7,10,14H,1-5,8-9H2,(H2,13,18)(H,15,16). The minimum Gasteiger partial charge on any atom is -0.351 e. The molecule has 6 nitrogen and oxygen atoms in total. The van der Waals surface area contributed by atoms with Gasteiger partial charge in [-0.15, -0.1) is 0 Å². The summed E-state index contributed by atoms with van der Waals surface area (Å²) in [6, 6.07) is 0.212. The zero-order valence-electron chi connectivity index (χ0n) is 10.6. The summed E-state index contributed by atoms with van der Waals surface area (Å²) in [6.07, 6.45) is 7.65. The van der Waals surface area contributed by atoms with Crippen LogP contribution in [0.5, 0.6) is 0 Å². The molecule has 0 atom stereocenters. The van der Waals surface area contributed by atoms with Gasteiger partial charge in [0.05, 0.1) is 0 Å². The Morgan fingerprint density at radius 2 is 2.33 bits per heavy atom. The topological polar surface area (TPSA) is 87.0 Å². The van der Waals surface area contributed by atoms with Gasteiger partial charge in [-0.05, 0) is 25.8 Å². The van der Waals surface area contributed by atoms with Crippen molar-refractivity contribution >= 4 is 6.03 Å². The molecule has 0 aromatic carbocycles. The fourth-order valence-corrected chi connectivity index (χ4v) is 2.30. The lowest BCUT2D eigenvalue weighted by Crippen LogP contribution is -2.47. The highest BCUT2D eigenvalue weighted by Crippen LogP contribution is 2.09. The molecule has 2 amide bonds. The van der Waals surface area contributed by atoms with E-state index in [0.717, 1.165) is 51.1 Å². The average Bonchev–Trinajstić information content (AvgIpc) is 2.88. The second-order valence-corrected chi connectivity index (χ2v) is 4.69. The number of carbonyl (C=O) groups is 1. The first kappa shape index (κ1) is 12.9. The van der Waals surface area contributed by atoms with Crippen molar-refractivity contribution in [3.63, 3.8) is 0 Å². The molecule has 1 saturated heterocycles. The highest BCUT2D eigenvalue weighted by Gasteiger charge is 2.20. The molecule has 2 rings (SSSR count). The van der Waals surface area contributed by atoms with Crippen LogP contribution in [0.1, 0.15) is 25.1 Å². The van der Waals surface area contributed by atoms with Crippen LogP contribution in [0, 0.1) is 0 Å². The summed E-state index contributed by atoms with van der Waals surface area (Å²) in [7, 11) is 0. The molecular weight excluding hydrogens is 230 g/mol. The SMILES string of the molecule is NC(=O)N1CCC(NCCCc2ncc[nH]2)CC1. The number of nitrogens with one attached hydrogen (secondary N) is 2. The molecule has 1 aromatic rings. The molecule has 0 spiro atoms. The third kappa shape index (κ3) is 3.73. The number of carbonyl (C=O) groups excluding carboxylic acids is 1. The number of rotatable bonds is 5. The van der Waals surface area contributed by atoms with Crippen LogP contribution in [0.4, 0.5) is 4.79 Å². The van der Waals surface area contributed by atoms with Crippen LogP contribution in [-0.4, -0.2) is 46.6 Å². The van der Waals surface area contributed by atoms with Gasteiger partial charge in [0.25, 0.3) is 0 Å². The number of aromatic amines is 1. The number of amides is 2. The number of piperidine rings is 1. The number of H-pyrrole nitrogens is 1. The second kappa shape index (κ2) is 6.39. The summed E-state index contributed by atoms with van der Waals surface area (Å²) in [4.78, 5) is 20.0. The van der Waals surface area contributed by atoms with Crippen molar-refractivity contribution < 1.29 is 4.79 Å². The van der Waals surface area contributed by atoms with Crippen molar-refractivity contribution in [3.8, 4) is 0 Å². The Morgan fingerprint density at radius 3 is 2.94 bits per heavy atom. The molecule has 0 bridgehead atoms. The van der Waals surface area contributed by atoms with Crippen LogP contribution in [-0.2, 0) is 6.42 Å². The fraction of sp³-hybridized carbons (Fsp3) is 0.667. The van der Waals surface area contributed by atoms with Crippen molar-refractivity contribution in [3.05, 3.63) is 18.2 Å². The molecular formula is C12H21N5O. The number of hydrogen-bond acceptors (Lipinski definition) is 3. The molecule has 18 heavy (non-hydrogen) atoms. The highest BCUT2D eigenvalue weighted by atomic mass is 16.2. The van der Waals surface area contributed by atoms with E-state index in [9.17, 15) is 4.79 Å². The van der Waals surface area contributed by atoms with Crippen LogP contribution < -0.4 is 11.1 Å². The maximum absolute atomic E-state index is 11.0. The number of likely N-dealkylation sites (tertiary alicyclic amines) is 1. The third-order valence-corrected chi connectivity index (χ3v) is 3.38. The van der Waals surface area contributed by atoms with E-state index in [2.05, 4.69) is 15.3 Å². The Morgan fingerprint density at radius 1 is 1.56 bits per heavy atom. The van der Waals surface area contributed by atoms with Crippen LogP contribution in [0.3, 0.4) is 0 Å². The van der Waals surface area contributed by atoms with E-state index < -0.39 is 0 Å². The third-order valence-electron chi connectivity index (χ3n) is 3.38. The Kier molecular flexibility index (Phi) is 4.58. The Hall–Kier alpha value is -1.56. The van der Waals surface area contributed by atoms with E-state index in [1.54, 1.807) is 11.1 Å². The van der Waals surface area contributed by atoms with E-state index in [4.69, 9.17) is 5.73 Å². The number of imidazole rings is 1. The first-order chi connectivity index (χ1) is 8.75. The number of urea groups is 1. The molecule has 100 valence electrons. The minimum atomic E-state index is -0.300. The van der Waals surface area contributed by atoms with Gasteiger partial charge in [0.1, 0.15) is 5.82 Å². The summed E-state index contributed by atoms with van der Waals surface area (Å²) >= 11 is 0. The molecule has 0 aliphatic carbocycles. The molecule has 1 fully saturated rings. The van der Waals surface area contributed by atoms with Crippen LogP contribution >= 0.6 is 0 Å². The normalized spacial score (nSPS) is 17.0. The van der Waals surface area contributed by atoms with Gasteiger partial charge in [0.2, 0.25) is 0 Å². The first-order valence-corrected chi connectivity index (χ1v) is 6.51. The van der Waals surface area contributed by atoms with Crippen LogP contribution in [0.2, 0.25) is 0 Å². The van der Waals surface area contributed by atoms with Crippen LogP contribution in [0.15, 0.2) is 12.4 Å². The molecule has 4 N–H and O–H groups in total. The fourth-order valence-electron chi connectivity index (χ4n) is 2.30. The minimum absolute atomic E-state index is 0.300. The molecule has 6 heteroatoms. The van der Waals surface area contributed by atoms with Gasteiger partial charge in [0.15, 0.2) is 0 Å². The van der Waals surface area contributed by atoms with Gasteiger partial charge in [-0.25, -0.2) is 9.78 Å². The molecule has 1 aliphatic heterocycles. The Labute approximate surface area is 107 Å². The van der Waals surface area contributed by atoms with Crippen molar-refractivity contribution in [2.45, 2.75) is 31.7 Å². The number of aromatic nitrogens is 2. The lowest BCUT2D eigenvalue weighted by Gasteiger charge is -2.31. The van der Waals surface area contributed by atoms with E-state index in [0.29, 0.717) is 6.04 Å². The number of primary amides is 1. The van der Waals surface area contributed by atoms with E-state index >= 15 is 0 Å². The first-order valence-electron chi connectivity index (χ1n) is 6.51. The zero-order chi connectivity index (χ0) is 12.8. The lowest BCUT2D eigenvalue weighted by molar-refractivity contribution is 0.185. The zero-order valence-corrected chi connectivity index (χ0v) is 10.6. The number of hydrogen-bond donors (Lipinski definition) is 3. The van der Waals surface area contributed by atoms with Gasteiger partial charge in [-0.2, -0.15) is 0 Å². The quantitative estimate of drug-likeness (QED) is 0.665. The van der Waals surface area contributed by atoms with Crippen molar-refractivity contribution in [2.75, 3.05) is 19.6 Å². The van der Waals surface area contributed by atoms with Crippen molar-refractivity contribution in [1.82, 2.24) is 20.2 Å². The van der Waals surface area contributed by atoms with Gasteiger partial charge < -0.3 is 20.9 Å². The summed E-state index contributed by atoms with van der Waals surface area (Å²) in [6.45, 7) is 2.53. The average molecular weight is 251 g/mol. The summed E-state index contributed by atoms with van der Waals surface area (Å²) in [5.41, 5.74) is 5.24. The largest absolute Gasteiger partial charge is 0.351 e. The predicted molar refractivity (Wildman–Crippen MR) is 69.1 cm³/mol. The maximum Gasteiger partial charge on any atom is 0.314 e. The Bertz CT molecular complexity index is 357. The summed E-state index contributed by atoms with van der Waals surface area (Å²) in [5, 5.41) is 3.52. The number of aryl methyl sites for hydroxylation is 1. The molecule has 2 heterocycles. The molecule has 0 saturated carbocycles. The van der Waals surface area contributed by atoms with E-state index in [1.165, 1.54) is 0 Å². The second-order valence-electron chi connectivity index (χ2n) is 4.69. The number of nitrogens with two attached hydrogens (primary N) is 1. The smallest absolute Gasteiger partial charge is 0.314 e. The molecule has 1 aromatic heterocycles. The highest BCUT2D eigenvalue weighted by molar-refractivity contribution is 5.72. The molecule has 1 aliphatic rings. The molecule has 0 unspecified atom stereocenters. The van der Waals surface area contributed by atoms with E-state index in [-0.39, 0.29) is 6.03 Å². The Balaban J connectivity index is 1.57. The van der Waals surface area contributed by atoms with Gasteiger partial charge in [0, 0.05) is 37.9 Å². The van der Waals surface area contributed by atoms with Gasteiger partial charge >= 0.3 is 6.03 Å². The van der Waals surface area contributed by atoms with Gasteiger partial charge in [-0.3, -0.25) is 0 Å². The number of nitrogens with zero attached hydrogens (tertiary/aromatic N) is 2. The van der Waals surface area contributed by atoms with Crippen molar-refractivity contribution in [1.29, 1.82) is 0 Å². The van der Waals surface area contributed by atoms with Gasteiger partial charge in [-0.1, -0.05) is 0 Å². The summed E-state index contributed by atoms with van der Waals surface area (Å²) < 4.78 is 0. The molecule has 0 radical (unpaired) electrons. The lowest BCUT2D eigenvalue weighted by atomic mass is 10.1. The van der Waals surface area contributed by atoms with Crippen molar-refractivity contribution in [2.24, 2.45) is 5.73 Å².